The molecule has 0 radical (unpaired) electrons. The maximum Gasteiger partial charge on any atom is 0.266 e. The summed E-state index contributed by atoms with van der Waals surface area (Å²) in [6.07, 6.45) is 0.402. The molecule has 29 heavy (non-hydrogen) atoms. The number of hydrogen-bond donors (Lipinski definition) is 1. The lowest BCUT2D eigenvalue weighted by Gasteiger charge is -2.37. The van der Waals surface area contributed by atoms with Crippen LogP contribution >= 0.6 is 0 Å². The van der Waals surface area contributed by atoms with Crippen LogP contribution in [0, 0.1) is 16.7 Å². The number of H-pyrrole nitrogens is 1. The molecule has 0 saturated carbocycles. The Bertz CT molecular complexity index is 998. The molecule has 2 aromatic rings. The second-order valence-electron chi connectivity index (χ2n) is 8.01. The first-order valence-corrected chi connectivity index (χ1v) is 9.48. The molecule has 7 nitrogen and oxygen atoms in total. The number of aromatic nitrogens is 1. The number of hydrogen-bond acceptors (Lipinski definition) is 6. The standard InChI is InChI=1S/C22H26N2O5/c1-22(2,3)20-15-9-13(12-23)21(25)24-19(15)14-10-17(27-5)18(11-16(14)29-20)28-8-6-7-26-4/h9-11,20H,6-8H2,1-5H3,(H,24,25). The third-order valence-electron chi connectivity index (χ3n) is 4.79. The van der Waals surface area contributed by atoms with Crippen molar-refractivity contribution in [1.29, 1.82) is 5.26 Å². The highest BCUT2D eigenvalue weighted by Gasteiger charge is 2.36. The van der Waals surface area contributed by atoms with Gasteiger partial charge in [0.25, 0.3) is 5.56 Å². The fourth-order valence-corrected chi connectivity index (χ4v) is 3.38. The Morgan fingerprint density at radius 2 is 1.93 bits per heavy atom. The Morgan fingerprint density at radius 1 is 1.17 bits per heavy atom. The Labute approximate surface area is 170 Å². The Kier molecular flexibility index (Phi) is 5.85. The molecule has 2 heterocycles. The maximum absolute atomic E-state index is 12.3. The van der Waals surface area contributed by atoms with E-state index in [2.05, 4.69) is 25.8 Å². The molecular formula is C22H26N2O5. The summed E-state index contributed by atoms with van der Waals surface area (Å²) in [5, 5.41) is 9.29. The maximum atomic E-state index is 12.3. The van der Waals surface area contributed by atoms with Crippen LogP contribution in [0.15, 0.2) is 23.0 Å². The summed E-state index contributed by atoms with van der Waals surface area (Å²) >= 11 is 0. The molecular weight excluding hydrogens is 372 g/mol. The van der Waals surface area contributed by atoms with Gasteiger partial charge in [0.15, 0.2) is 11.5 Å². The second kappa shape index (κ2) is 8.18. The molecule has 154 valence electrons. The quantitative estimate of drug-likeness (QED) is 0.744. The van der Waals surface area contributed by atoms with Crippen molar-refractivity contribution >= 4 is 0 Å². The van der Waals surface area contributed by atoms with Crippen molar-refractivity contribution < 1.29 is 18.9 Å². The van der Waals surface area contributed by atoms with Crippen LogP contribution < -0.4 is 19.8 Å². The SMILES string of the molecule is COCCCOc1cc2c(cc1OC)-c1[nH]c(=O)c(C#N)cc1C(C(C)(C)C)O2. The van der Waals surface area contributed by atoms with Crippen LogP contribution in [0.2, 0.25) is 0 Å². The Morgan fingerprint density at radius 3 is 2.55 bits per heavy atom. The summed E-state index contributed by atoms with van der Waals surface area (Å²) in [7, 11) is 3.21. The van der Waals surface area contributed by atoms with Gasteiger partial charge in [-0.3, -0.25) is 4.79 Å². The summed E-state index contributed by atoms with van der Waals surface area (Å²) in [6.45, 7) is 7.23. The van der Waals surface area contributed by atoms with Crippen molar-refractivity contribution in [2.24, 2.45) is 5.41 Å². The molecule has 0 amide bonds. The van der Waals surface area contributed by atoms with Crippen LogP contribution in [0.3, 0.4) is 0 Å². The minimum absolute atomic E-state index is 0.0649. The molecule has 1 atom stereocenters. The van der Waals surface area contributed by atoms with Gasteiger partial charge in [-0.2, -0.15) is 5.26 Å². The molecule has 3 rings (SSSR count). The number of benzene rings is 1. The minimum atomic E-state index is -0.425. The normalized spacial score (nSPS) is 15.0. The van der Waals surface area contributed by atoms with Crippen molar-refractivity contribution in [3.63, 3.8) is 0 Å². The van der Waals surface area contributed by atoms with Crippen LogP contribution in [-0.2, 0) is 4.74 Å². The van der Waals surface area contributed by atoms with Gasteiger partial charge in [0.2, 0.25) is 0 Å². The van der Waals surface area contributed by atoms with Gasteiger partial charge < -0.3 is 23.9 Å². The van der Waals surface area contributed by atoms with E-state index >= 15 is 0 Å². The smallest absolute Gasteiger partial charge is 0.266 e. The van der Waals surface area contributed by atoms with Gasteiger partial charge in [-0.05, 0) is 12.1 Å². The van der Waals surface area contributed by atoms with E-state index in [4.69, 9.17) is 18.9 Å². The molecule has 0 fully saturated rings. The topological polar surface area (TPSA) is 93.6 Å². The average Bonchev–Trinajstić information content (AvgIpc) is 2.68. The summed E-state index contributed by atoms with van der Waals surface area (Å²) in [4.78, 5) is 15.2. The first-order valence-electron chi connectivity index (χ1n) is 9.48. The van der Waals surface area contributed by atoms with Crippen molar-refractivity contribution in [2.75, 3.05) is 27.4 Å². The van der Waals surface area contributed by atoms with Crippen molar-refractivity contribution in [2.45, 2.75) is 33.3 Å². The number of nitrogens with zero attached hydrogens (tertiary/aromatic N) is 1. The van der Waals surface area contributed by atoms with Crippen LogP contribution in [0.1, 0.15) is 44.4 Å². The van der Waals surface area contributed by atoms with Gasteiger partial charge in [0.05, 0.1) is 19.4 Å². The lowest BCUT2D eigenvalue weighted by Crippen LogP contribution is -2.29. The molecule has 0 spiro atoms. The predicted octanol–water partition coefficient (Wildman–Crippen LogP) is 3.82. The van der Waals surface area contributed by atoms with Crippen LogP contribution in [0.25, 0.3) is 11.3 Å². The number of nitriles is 1. The van der Waals surface area contributed by atoms with E-state index in [0.717, 1.165) is 12.0 Å². The van der Waals surface area contributed by atoms with E-state index in [1.165, 1.54) is 0 Å². The van der Waals surface area contributed by atoms with Crippen molar-refractivity contribution in [3.8, 4) is 34.6 Å². The number of pyridine rings is 1. The van der Waals surface area contributed by atoms with E-state index in [9.17, 15) is 10.1 Å². The van der Waals surface area contributed by atoms with Gasteiger partial charge in [-0.1, -0.05) is 20.8 Å². The third-order valence-corrected chi connectivity index (χ3v) is 4.79. The molecule has 1 aromatic heterocycles. The highest BCUT2D eigenvalue weighted by atomic mass is 16.5. The van der Waals surface area contributed by atoms with Crippen molar-refractivity contribution in [3.05, 3.63) is 39.7 Å². The predicted molar refractivity (Wildman–Crippen MR) is 109 cm³/mol. The molecule has 1 aliphatic rings. The zero-order chi connectivity index (χ0) is 21.2. The van der Waals surface area contributed by atoms with Crippen LogP contribution in [0.4, 0.5) is 0 Å². The lowest BCUT2D eigenvalue weighted by molar-refractivity contribution is 0.0834. The minimum Gasteiger partial charge on any atom is -0.493 e. The van der Waals surface area contributed by atoms with Gasteiger partial charge in [-0.15, -0.1) is 0 Å². The van der Waals surface area contributed by atoms with Gasteiger partial charge in [-0.25, -0.2) is 0 Å². The zero-order valence-corrected chi connectivity index (χ0v) is 17.4. The highest BCUT2D eigenvalue weighted by molar-refractivity contribution is 5.76. The zero-order valence-electron chi connectivity index (χ0n) is 17.4. The number of aromatic amines is 1. The number of ether oxygens (including phenoxy) is 4. The molecule has 1 unspecified atom stereocenters. The first-order chi connectivity index (χ1) is 13.8. The third kappa shape index (κ3) is 4.08. The molecule has 1 aliphatic heterocycles. The first kappa shape index (κ1) is 20.7. The molecule has 7 heteroatoms. The van der Waals surface area contributed by atoms with Crippen LogP contribution in [-0.4, -0.2) is 32.4 Å². The van der Waals surface area contributed by atoms with E-state index < -0.39 is 5.56 Å². The largest absolute Gasteiger partial charge is 0.493 e. The van der Waals surface area contributed by atoms with Gasteiger partial charge in [0, 0.05) is 42.7 Å². The molecule has 0 bridgehead atoms. The Hall–Kier alpha value is -2.98. The van der Waals surface area contributed by atoms with E-state index in [1.54, 1.807) is 32.4 Å². The van der Waals surface area contributed by atoms with Gasteiger partial charge >= 0.3 is 0 Å². The lowest BCUT2D eigenvalue weighted by atomic mass is 9.81. The van der Waals surface area contributed by atoms with E-state index in [-0.39, 0.29) is 17.1 Å². The molecule has 0 aliphatic carbocycles. The monoisotopic (exact) mass is 398 g/mol. The second-order valence-corrected chi connectivity index (χ2v) is 8.01. The summed E-state index contributed by atoms with van der Waals surface area (Å²) < 4.78 is 22.8. The van der Waals surface area contributed by atoms with Crippen LogP contribution in [0.5, 0.6) is 17.2 Å². The van der Waals surface area contributed by atoms with Gasteiger partial charge in [0.1, 0.15) is 23.5 Å². The van der Waals surface area contributed by atoms with Crippen molar-refractivity contribution in [1.82, 2.24) is 4.98 Å². The number of nitrogens with one attached hydrogen (secondary N) is 1. The molecule has 1 N–H and O–H groups in total. The summed E-state index contributed by atoms with van der Waals surface area (Å²) in [6, 6.07) is 7.16. The van der Waals surface area contributed by atoms with E-state index in [1.807, 2.05) is 6.07 Å². The number of fused-ring (bicyclic) bond motifs is 3. The van der Waals surface area contributed by atoms with E-state index in [0.29, 0.717) is 41.7 Å². The molecule has 1 aromatic carbocycles. The summed E-state index contributed by atoms with van der Waals surface area (Å²) in [5.74, 6) is 1.70. The number of rotatable bonds is 6. The fourth-order valence-electron chi connectivity index (χ4n) is 3.38. The number of methoxy groups -OCH3 is 2. The Balaban J connectivity index is 2.13. The summed E-state index contributed by atoms with van der Waals surface area (Å²) in [5.41, 5.74) is 1.48. The fraction of sp³-hybridized carbons (Fsp3) is 0.455. The molecule has 0 saturated heterocycles. The highest BCUT2D eigenvalue weighted by Crippen LogP contribution is 2.50. The average molecular weight is 398 g/mol.